The van der Waals surface area contributed by atoms with Crippen LogP contribution >= 0.6 is 0 Å². The largest absolute Gasteiger partial charge is 0.496 e. The van der Waals surface area contributed by atoms with Gasteiger partial charge in [0.25, 0.3) is 0 Å². The fourth-order valence-corrected chi connectivity index (χ4v) is 5.58. The summed E-state index contributed by atoms with van der Waals surface area (Å²) >= 11 is 0. The molecule has 3 heterocycles. The van der Waals surface area contributed by atoms with Gasteiger partial charge in [0.05, 0.1) is 64.7 Å². The number of hydrogen-bond donors (Lipinski definition) is 4. The van der Waals surface area contributed by atoms with Crippen molar-refractivity contribution in [2.24, 2.45) is 5.73 Å². The minimum Gasteiger partial charge on any atom is -0.496 e. The van der Waals surface area contributed by atoms with E-state index in [9.17, 15) is 9.90 Å². The Bertz CT molecular complexity index is 1340. The Hall–Kier alpha value is -3.49. The van der Waals surface area contributed by atoms with Gasteiger partial charge in [-0.3, -0.25) is 9.69 Å². The molecular formula is C32H50N8O5. The predicted molar refractivity (Wildman–Crippen MR) is 175 cm³/mol. The van der Waals surface area contributed by atoms with Gasteiger partial charge >= 0.3 is 0 Å². The van der Waals surface area contributed by atoms with E-state index in [4.69, 9.17) is 25.7 Å². The number of ether oxygens (including phenoxy) is 3. The van der Waals surface area contributed by atoms with Crippen molar-refractivity contribution < 1.29 is 24.1 Å². The lowest BCUT2D eigenvalue weighted by atomic mass is 10.1. The number of unbranched alkanes of at least 4 members (excludes halogenated alkanes) is 1. The first-order chi connectivity index (χ1) is 21.9. The molecule has 45 heavy (non-hydrogen) atoms. The van der Waals surface area contributed by atoms with E-state index >= 15 is 0 Å². The molecule has 13 heteroatoms. The third-order valence-corrected chi connectivity index (χ3v) is 8.01. The van der Waals surface area contributed by atoms with Crippen LogP contribution in [0.5, 0.6) is 5.75 Å². The van der Waals surface area contributed by atoms with Crippen molar-refractivity contribution in [2.75, 3.05) is 83.9 Å². The maximum absolute atomic E-state index is 12.7. The molecule has 248 valence electrons. The average Bonchev–Trinajstić information content (AvgIpc) is 3.45. The Morgan fingerprint density at radius 3 is 2.56 bits per heavy atom. The maximum atomic E-state index is 12.7. The third kappa shape index (κ3) is 10.00. The van der Waals surface area contributed by atoms with Crippen LogP contribution in [0.1, 0.15) is 43.7 Å². The third-order valence-electron chi connectivity index (χ3n) is 8.01. The Kier molecular flexibility index (Phi) is 13.6. The van der Waals surface area contributed by atoms with Crippen molar-refractivity contribution in [3.8, 4) is 5.75 Å². The number of amides is 1. The van der Waals surface area contributed by atoms with E-state index in [1.54, 1.807) is 7.11 Å². The number of rotatable bonds is 19. The standard InChI is InChI=1S/C32H50N8O5/c1-3-4-5-26(23-41)35-31-30-27(36-32(34)37-31)8-11-40(30)22-25-20-24(6-7-28(25)43-2)21-38-12-14-39(15-13-38)29(42)9-16-44-18-19-45-17-10-33/h6-8,11,20,26,41H,3-5,9-10,12-19,21-23,33H2,1-2H3,(H3,34,35,36,37)/t26-/m0/s1. The number of aliphatic hydroxyl groups excluding tert-OH is 1. The van der Waals surface area contributed by atoms with Gasteiger partial charge in [0.1, 0.15) is 11.3 Å². The first-order valence-corrected chi connectivity index (χ1v) is 16.0. The van der Waals surface area contributed by atoms with E-state index in [-0.39, 0.29) is 24.5 Å². The normalized spacial score (nSPS) is 14.6. The highest BCUT2D eigenvalue weighted by atomic mass is 16.5. The lowest BCUT2D eigenvalue weighted by molar-refractivity contribution is -0.134. The Morgan fingerprint density at radius 1 is 1.07 bits per heavy atom. The molecule has 1 aliphatic rings. The monoisotopic (exact) mass is 626 g/mol. The lowest BCUT2D eigenvalue weighted by Gasteiger charge is -2.35. The molecule has 13 nitrogen and oxygen atoms in total. The molecule has 1 atom stereocenters. The fraction of sp³-hybridized carbons (Fsp3) is 0.594. The van der Waals surface area contributed by atoms with E-state index in [0.29, 0.717) is 64.8 Å². The van der Waals surface area contributed by atoms with Gasteiger partial charge < -0.3 is 45.6 Å². The van der Waals surface area contributed by atoms with Crippen molar-refractivity contribution in [1.82, 2.24) is 24.3 Å². The number of fused-ring (bicyclic) bond motifs is 1. The molecule has 0 bridgehead atoms. The van der Waals surface area contributed by atoms with Crippen molar-refractivity contribution in [2.45, 2.75) is 51.7 Å². The van der Waals surface area contributed by atoms with Crippen molar-refractivity contribution in [3.63, 3.8) is 0 Å². The van der Waals surface area contributed by atoms with E-state index in [2.05, 4.69) is 43.8 Å². The lowest BCUT2D eigenvalue weighted by Crippen LogP contribution is -2.48. The van der Waals surface area contributed by atoms with Gasteiger partial charge in [-0.15, -0.1) is 0 Å². The first-order valence-electron chi connectivity index (χ1n) is 16.0. The summed E-state index contributed by atoms with van der Waals surface area (Å²) in [6.07, 6.45) is 5.23. The van der Waals surface area contributed by atoms with Crippen LogP contribution in [-0.4, -0.2) is 114 Å². The van der Waals surface area contributed by atoms with E-state index < -0.39 is 0 Å². The smallest absolute Gasteiger partial charge is 0.224 e. The van der Waals surface area contributed by atoms with Crippen LogP contribution < -0.4 is 21.5 Å². The molecule has 0 saturated carbocycles. The molecule has 4 rings (SSSR count). The number of nitrogens with two attached hydrogens (primary N) is 2. The zero-order chi connectivity index (χ0) is 32.0. The van der Waals surface area contributed by atoms with E-state index in [0.717, 1.165) is 61.2 Å². The summed E-state index contributed by atoms with van der Waals surface area (Å²) in [5, 5.41) is 13.4. The summed E-state index contributed by atoms with van der Waals surface area (Å²) in [5.74, 6) is 1.72. The molecule has 0 unspecified atom stereocenters. The van der Waals surface area contributed by atoms with Crippen LogP contribution in [-0.2, 0) is 27.4 Å². The molecule has 1 aliphatic heterocycles. The number of nitrogens with one attached hydrogen (secondary N) is 1. The van der Waals surface area contributed by atoms with Crippen LogP contribution in [0, 0.1) is 0 Å². The van der Waals surface area contributed by atoms with Gasteiger partial charge in [-0.2, -0.15) is 4.98 Å². The SMILES string of the molecule is CCCC[C@@H](CO)Nc1nc(N)nc2ccn(Cc3cc(CN4CCN(C(=O)CCOCCOCCN)CC4)ccc3OC)c12. The molecule has 1 aromatic carbocycles. The van der Waals surface area contributed by atoms with Gasteiger partial charge in [-0.05, 0) is 30.2 Å². The zero-order valence-electron chi connectivity index (χ0n) is 26.7. The van der Waals surface area contributed by atoms with Crippen LogP contribution in [0.15, 0.2) is 30.5 Å². The molecule has 6 N–H and O–H groups in total. The highest BCUT2D eigenvalue weighted by molar-refractivity contribution is 5.87. The molecule has 2 aromatic heterocycles. The van der Waals surface area contributed by atoms with Crippen molar-refractivity contribution >= 4 is 28.7 Å². The number of carbonyl (C=O) groups excluding carboxylic acids is 1. The average molecular weight is 627 g/mol. The second-order valence-corrected chi connectivity index (χ2v) is 11.3. The molecule has 1 amide bonds. The molecule has 0 aliphatic carbocycles. The number of nitrogen functional groups attached to an aromatic ring is 1. The van der Waals surface area contributed by atoms with Gasteiger partial charge in [0.2, 0.25) is 11.9 Å². The number of methoxy groups -OCH3 is 1. The van der Waals surface area contributed by atoms with Gasteiger partial charge in [0, 0.05) is 51.0 Å². The predicted octanol–water partition coefficient (Wildman–Crippen LogP) is 2.06. The van der Waals surface area contributed by atoms with Crippen LogP contribution in [0.25, 0.3) is 11.0 Å². The van der Waals surface area contributed by atoms with E-state index in [1.165, 1.54) is 5.56 Å². The summed E-state index contributed by atoms with van der Waals surface area (Å²) in [4.78, 5) is 25.9. The number of anilines is 2. The summed E-state index contributed by atoms with van der Waals surface area (Å²) in [6.45, 7) is 8.83. The first kappa shape index (κ1) is 34.4. The number of hydrogen-bond acceptors (Lipinski definition) is 11. The maximum Gasteiger partial charge on any atom is 0.224 e. The summed E-state index contributed by atoms with van der Waals surface area (Å²) in [6, 6.07) is 8.09. The number of nitrogens with zero attached hydrogens (tertiary/aromatic N) is 5. The van der Waals surface area contributed by atoms with E-state index in [1.807, 2.05) is 23.2 Å². The highest BCUT2D eigenvalue weighted by Gasteiger charge is 2.22. The number of piperazine rings is 1. The van der Waals surface area contributed by atoms with Crippen molar-refractivity contribution in [3.05, 3.63) is 41.6 Å². The summed E-state index contributed by atoms with van der Waals surface area (Å²) in [7, 11) is 1.68. The quantitative estimate of drug-likeness (QED) is 0.144. The number of carbonyl (C=O) groups is 1. The number of benzene rings is 1. The van der Waals surface area contributed by atoms with Crippen LogP contribution in [0.2, 0.25) is 0 Å². The molecule has 1 fully saturated rings. The summed E-state index contributed by atoms with van der Waals surface area (Å²) < 4.78 is 18.6. The highest BCUT2D eigenvalue weighted by Crippen LogP contribution is 2.28. The second kappa shape index (κ2) is 17.9. The topological polar surface area (TPSA) is 166 Å². The Balaban J connectivity index is 1.37. The number of aromatic nitrogens is 3. The molecule has 1 saturated heterocycles. The van der Waals surface area contributed by atoms with Crippen LogP contribution in [0.3, 0.4) is 0 Å². The van der Waals surface area contributed by atoms with Gasteiger partial charge in [0.15, 0.2) is 5.82 Å². The van der Waals surface area contributed by atoms with Crippen LogP contribution in [0.4, 0.5) is 11.8 Å². The minimum absolute atomic E-state index is 0.00458. The fourth-order valence-electron chi connectivity index (χ4n) is 5.58. The summed E-state index contributed by atoms with van der Waals surface area (Å²) in [5.41, 5.74) is 15.2. The number of aliphatic hydroxyl groups is 1. The molecule has 3 aromatic rings. The van der Waals surface area contributed by atoms with Gasteiger partial charge in [-0.25, -0.2) is 4.98 Å². The molecular weight excluding hydrogens is 576 g/mol. The minimum atomic E-state index is -0.126. The Labute approximate surface area is 265 Å². The second-order valence-electron chi connectivity index (χ2n) is 11.3. The van der Waals surface area contributed by atoms with Crippen molar-refractivity contribution in [1.29, 1.82) is 0 Å². The Morgan fingerprint density at radius 2 is 1.84 bits per heavy atom. The molecule has 0 radical (unpaired) electrons. The molecule has 0 spiro atoms. The zero-order valence-corrected chi connectivity index (χ0v) is 26.7. The van der Waals surface area contributed by atoms with Gasteiger partial charge in [-0.1, -0.05) is 25.8 Å².